The summed E-state index contributed by atoms with van der Waals surface area (Å²) in [4.78, 5) is 9.72. The molecule has 6 heteroatoms. The van der Waals surface area contributed by atoms with Crippen molar-refractivity contribution in [3.63, 3.8) is 0 Å². The van der Waals surface area contributed by atoms with Crippen LogP contribution in [0.3, 0.4) is 0 Å². The predicted molar refractivity (Wildman–Crippen MR) is 71.9 cm³/mol. The lowest BCUT2D eigenvalue weighted by atomic mass is 10.2. The van der Waals surface area contributed by atoms with E-state index in [1.165, 1.54) is 11.2 Å². The fourth-order valence-electron chi connectivity index (χ4n) is 1.86. The van der Waals surface area contributed by atoms with Gasteiger partial charge in [0, 0.05) is 16.6 Å². The molecule has 3 aromatic heterocycles. The van der Waals surface area contributed by atoms with Crippen molar-refractivity contribution in [3.8, 4) is 0 Å². The van der Waals surface area contributed by atoms with Gasteiger partial charge in [0.25, 0.3) is 5.78 Å². The molecule has 0 amide bonds. The summed E-state index contributed by atoms with van der Waals surface area (Å²) < 4.78 is 1.72. The number of anilines is 1. The van der Waals surface area contributed by atoms with E-state index >= 15 is 0 Å². The van der Waals surface area contributed by atoms with Crippen LogP contribution in [0.4, 0.5) is 5.82 Å². The van der Waals surface area contributed by atoms with Crippen molar-refractivity contribution < 1.29 is 0 Å². The number of thiophene rings is 1. The van der Waals surface area contributed by atoms with Gasteiger partial charge in [-0.05, 0) is 25.3 Å². The average Bonchev–Trinajstić information content (AvgIpc) is 2.98. The number of hydrogen-bond donors (Lipinski definition) is 1. The highest BCUT2D eigenvalue weighted by Crippen LogP contribution is 2.23. The van der Waals surface area contributed by atoms with Gasteiger partial charge < -0.3 is 5.32 Å². The number of rotatable bonds is 3. The number of aryl methyl sites for hydroxylation is 1. The number of fused-ring (bicyclic) bond motifs is 1. The second-order valence-corrected chi connectivity index (χ2v) is 5.12. The van der Waals surface area contributed by atoms with Gasteiger partial charge in [-0.3, -0.25) is 0 Å². The van der Waals surface area contributed by atoms with Crippen molar-refractivity contribution in [1.82, 2.24) is 19.6 Å². The van der Waals surface area contributed by atoms with Gasteiger partial charge in [-0.1, -0.05) is 6.07 Å². The quantitative estimate of drug-likeness (QED) is 0.785. The van der Waals surface area contributed by atoms with Crippen LogP contribution in [0.1, 0.15) is 23.5 Å². The smallest absolute Gasteiger partial charge is 0.254 e. The maximum absolute atomic E-state index is 4.32. The third-order valence-electron chi connectivity index (χ3n) is 2.71. The van der Waals surface area contributed by atoms with Crippen molar-refractivity contribution in [2.45, 2.75) is 19.9 Å². The first-order valence-electron chi connectivity index (χ1n) is 5.71. The summed E-state index contributed by atoms with van der Waals surface area (Å²) in [7, 11) is 0. The van der Waals surface area contributed by atoms with Gasteiger partial charge in [0.1, 0.15) is 12.1 Å². The Kier molecular flexibility index (Phi) is 2.71. The summed E-state index contributed by atoms with van der Waals surface area (Å²) in [6, 6.07) is 6.39. The Morgan fingerprint density at radius 1 is 1.44 bits per heavy atom. The monoisotopic (exact) mass is 259 g/mol. The molecule has 5 nitrogen and oxygen atoms in total. The number of aromatic nitrogens is 4. The van der Waals surface area contributed by atoms with Crippen molar-refractivity contribution >= 4 is 22.9 Å². The van der Waals surface area contributed by atoms with Gasteiger partial charge >= 0.3 is 0 Å². The SMILES string of the molecule is Cc1cc(NC(C)c2cccs2)n2ncnc2n1. The first-order chi connectivity index (χ1) is 8.74. The fourth-order valence-corrected chi connectivity index (χ4v) is 2.60. The van der Waals surface area contributed by atoms with Gasteiger partial charge in [-0.25, -0.2) is 4.98 Å². The first kappa shape index (κ1) is 11.2. The molecule has 3 rings (SSSR count). The summed E-state index contributed by atoms with van der Waals surface area (Å²) >= 11 is 1.74. The molecular formula is C12H13N5S. The molecule has 0 fully saturated rings. The molecule has 0 radical (unpaired) electrons. The van der Waals surface area contributed by atoms with E-state index in [0.717, 1.165) is 11.5 Å². The molecule has 0 aromatic carbocycles. The normalized spacial score (nSPS) is 12.8. The molecule has 1 atom stereocenters. The average molecular weight is 259 g/mol. The van der Waals surface area contributed by atoms with E-state index in [0.29, 0.717) is 5.78 Å². The van der Waals surface area contributed by atoms with Crippen LogP contribution in [0.15, 0.2) is 29.9 Å². The largest absolute Gasteiger partial charge is 0.363 e. The Hall–Kier alpha value is -1.95. The molecule has 0 saturated heterocycles. The second-order valence-electron chi connectivity index (χ2n) is 4.14. The van der Waals surface area contributed by atoms with Gasteiger partial charge in [0.05, 0.1) is 6.04 Å². The standard InChI is InChI=1S/C12H13N5S/c1-8-6-11(17-12(15-8)13-7-14-17)16-9(2)10-4-3-5-18-10/h3-7,9,16H,1-2H3. The van der Waals surface area contributed by atoms with Gasteiger partial charge in [-0.2, -0.15) is 14.6 Å². The zero-order chi connectivity index (χ0) is 12.5. The van der Waals surface area contributed by atoms with Crippen molar-refractivity contribution in [2.24, 2.45) is 0 Å². The number of hydrogen-bond acceptors (Lipinski definition) is 5. The van der Waals surface area contributed by atoms with Crippen LogP contribution in [-0.2, 0) is 0 Å². The van der Waals surface area contributed by atoms with Crippen LogP contribution in [0.5, 0.6) is 0 Å². The fraction of sp³-hybridized carbons (Fsp3) is 0.250. The van der Waals surface area contributed by atoms with Crippen molar-refractivity contribution in [3.05, 3.63) is 40.5 Å². The molecule has 3 heterocycles. The van der Waals surface area contributed by atoms with Crippen LogP contribution >= 0.6 is 11.3 Å². The molecule has 0 bridgehead atoms. The lowest BCUT2D eigenvalue weighted by molar-refractivity contribution is 0.850. The molecule has 18 heavy (non-hydrogen) atoms. The maximum atomic E-state index is 4.32. The molecule has 1 unspecified atom stereocenters. The summed E-state index contributed by atoms with van der Waals surface area (Å²) in [5.74, 6) is 1.53. The lowest BCUT2D eigenvalue weighted by Crippen LogP contribution is -2.10. The minimum absolute atomic E-state index is 0.235. The molecule has 1 N–H and O–H groups in total. The molecule has 0 aliphatic heterocycles. The summed E-state index contributed by atoms with van der Waals surface area (Å²) in [6.45, 7) is 4.08. The van der Waals surface area contributed by atoms with Crippen molar-refractivity contribution in [1.29, 1.82) is 0 Å². The van der Waals surface area contributed by atoms with Crippen molar-refractivity contribution in [2.75, 3.05) is 5.32 Å². The molecule has 0 aliphatic rings. The Bertz CT molecular complexity index is 658. The third kappa shape index (κ3) is 1.95. The van der Waals surface area contributed by atoms with E-state index in [1.807, 2.05) is 13.0 Å². The Morgan fingerprint density at radius 2 is 2.33 bits per heavy atom. The van der Waals surface area contributed by atoms with E-state index in [9.17, 15) is 0 Å². The minimum atomic E-state index is 0.235. The van der Waals surface area contributed by atoms with Gasteiger partial charge in [0.15, 0.2) is 0 Å². The Balaban J connectivity index is 1.97. The third-order valence-corrected chi connectivity index (χ3v) is 3.77. The van der Waals surface area contributed by atoms with E-state index < -0.39 is 0 Å². The van der Waals surface area contributed by atoms with Gasteiger partial charge in [0.2, 0.25) is 0 Å². The van der Waals surface area contributed by atoms with Crippen LogP contribution in [0.25, 0.3) is 5.78 Å². The second kappa shape index (κ2) is 4.38. The zero-order valence-corrected chi connectivity index (χ0v) is 11.0. The highest BCUT2D eigenvalue weighted by Gasteiger charge is 2.10. The van der Waals surface area contributed by atoms with Gasteiger partial charge in [-0.15, -0.1) is 11.3 Å². The Labute approximate surface area is 109 Å². The number of nitrogens with zero attached hydrogens (tertiary/aromatic N) is 4. The van der Waals surface area contributed by atoms with Crippen LogP contribution in [0, 0.1) is 6.92 Å². The molecule has 0 saturated carbocycles. The zero-order valence-electron chi connectivity index (χ0n) is 10.2. The van der Waals surface area contributed by atoms with E-state index in [1.54, 1.807) is 15.9 Å². The molecule has 3 aromatic rings. The maximum Gasteiger partial charge on any atom is 0.254 e. The summed E-state index contributed by atoms with van der Waals surface area (Å²) in [6.07, 6.45) is 1.52. The molecule has 92 valence electrons. The van der Waals surface area contributed by atoms with E-state index in [2.05, 4.69) is 44.8 Å². The highest BCUT2D eigenvalue weighted by molar-refractivity contribution is 7.10. The first-order valence-corrected chi connectivity index (χ1v) is 6.59. The van der Waals surface area contributed by atoms with E-state index in [4.69, 9.17) is 0 Å². The summed E-state index contributed by atoms with van der Waals surface area (Å²) in [5, 5.41) is 9.70. The lowest BCUT2D eigenvalue weighted by Gasteiger charge is -2.14. The predicted octanol–water partition coefficient (Wildman–Crippen LogP) is 2.67. The van der Waals surface area contributed by atoms with Crippen LogP contribution in [0.2, 0.25) is 0 Å². The molecule has 0 spiro atoms. The highest BCUT2D eigenvalue weighted by atomic mass is 32.1. The Morgan fingerprint density at radius 3 is 3.11 bits per heavy atom. The molecule has 0 aliphatic carbocycles. The molecular weight excluding hydrogens is 246 g/mol. The van der Waals surface area contributed by atoms with Crippen LogP contribution in [-0.4, -0.2) is 19.6 Å². The summed E-state index contributed by atoms with van der Waals surface area (Å²) in [5.41, 5.74) is 0.927. The number of nitrogens with one attached hydrogen (secondary N) is 1. The van der Waals surface area contributed by atoms with Crippen LogP contribution < -0.4 is 5.32 Å². The topological polar surface area (TPSA) is 55.1 Å². The van der Waals surface area contributed by atoms with E-state index in [-0.39, 0.29) is 6.04 Å². The minimum Gasteiger partial charge on any atom is -0.363 e.